The van der Waals surface area contributed by atoms with Crippen LogP contribution < -0.4 is 15.1 Å². The van der Waals surface area contributed by atoms with Crippen molar-refractivity contribution in [1.29, 1.82) is 0 Å². The summed E-state index contributed by atoms with van der Waals surface area (Å²) in [5.41, 5.74) is 2.49. The fraction of sp³-hybridized carbons (Fsp3) is 0.650. The predicted octanol–water partition coefficient (Wildman–Crippen LogP) is 2.05. The lowest BCUT2D eigenvalue weighted by Gasteiger charge is -2.35. The lowest BCUT2D eigenvalue weighted by atomic mass is 9.86. The van der Waals surface area contributed by atoms with Gasteiger partial charge in [-0.2, -0.15) is 0 Å². The van der Waals surface area contributed by atoms with Crippen molar-refractivity contribution in [3.63, 3.8) is 0 Å². The lowest BCUT2D eigenvalue weighted by molar-refractivity contribution is -0.892. The number of aryl methyl sites for hydroxylation is 1. The van der Waals surface area contributed by atoms with Crippen LogP contribution in [0.5, 0.6) is 0 Å². The summed E-state index contributed by atoms with van der Waals surface area (Å²) < 4.78 is 0. The van der Waals surface area contributed by atoms with Gasteiger partial charge in [-0.25, -0.2) is 0 Å². The first-order valence-electron chi connectivity index (χ1n) is 9.67. The van der Waals surface area contributed by atoms with Gasteiger partial charge in [0.25, 0.3) is 5.91 Å². The molecule has 1 amide bonds. The number of benzene rings is 1. The molecular formula is C20H31ClN3O+. The Morgan fingerprint density at radius 3 is 2.72 bits per heavy atom. The Kier molecular flexibility index (Phi) is 6.24. The number of hydrogen-bond donors (Lipinski definition) is 2. The zero-order valence-electron chi connectivity index (χ0n) is 15.5. The molecule has 1 saturated heterocycles. The molecule has 1 aromatic carbocycles. The van der Waals surface area contributed by atoms with Gasteiger partial charge in [-0.05, 0) is 43.4 Å². The molecule has 138 valence electrons. The minimum Gasteiger partial charge on any atom is -0.360 e. The van der Waals surface area contributed by atoms with E-state index in [4.69, 9.17) is 11.6 Å². The average Bonchev–Trinajstić information content (AvgIpc) is 2.60. The van der Waals surface area contributed by atoms with Crippen molar-refractivity contribution in [2.75, 3.05) is 37.6 Å². The molecule has 0 spiro atoms. The molecule has 2 aliphatic rings. The number of piperazine rings is 1. The zero-order chi connectivity index (χ0) is 17.8. The van der Waals surface area contributed by atoms with E-state index in [0.717, 1.165) is 37.6 Å². The third-order valence-corrected chi connectivity index (χ3v) is 6.09. The van der Waals surface area contributed by atoms with Crippen LogP contribution in [0.1, 0.15) is 38.2 Å². The van der Waals surface area contributed by atoms with E-state index in [0.29, 0.717) is 18.5 Å². The normalized spacial score (nSPS) is 25.0. The highest BCUT2D eigenvalue weighted by atomic mass is 35.5. The molecule has 2 fully saturated rings. The van der Waals surface area contributed by atoms with Crippen LogP contribution in [-0.2, 0) is 4.79 Å². The number of nitrogens with zero attached hydrogens (tertiary/aromatic N) is 1. The zero-order valence-corrected chi connectivity index (χ0v) is 16.2. The maximum atomic E-state index is 12.4. The van der Waals surface area contributed by atoms with E-state index < -0.39 is 0 Å². The van der Waals surface area contributed by atoms with E-state index >= 15 is 0 Å². The molecule has 2 N–H and O–H groups in total. The van der Waals surface area contributed by atoms with Gasteiger partial charge in [0.1, 0.15) is 0 Å². The van der Waals surface area contributed by atoms with Crippen molar-refractivity contribution in [3.05, 3.63) is 28.8 Å². The fourth-order valence-electron chi connectivity index (χ4n) is 4.18. The molecule has 3 rings (SSSR count). The first-order chi connectivity index (χ1) is 12.0. The largest absolute Gasteiger partial charge is 0.360 e. The summed E-state index contributed by atoms with van der Waals surface area (Å²) in [7, 11) is 0. The summed E-state index contributed by atoms with van der Waals surface area (Å²) in [6, 6.07) is 6.46. The molecule has 1 heterocycles. The number of halogens is 1. The molecule has 0 radical (unpaired) electrons. The minimum atomic E-state index is 0.223. The Balaban J connectivity index is 1.47. The van der Waals surface area contributed by atoms with Crippen LogP contribution in [0.3, 0.4) is 0 Å². The second-order valence-electron chi connectivity index (χ2n) is 7.78. The summed E-state index contributed by atoms with van der Waals surface area (Å²) in [4.78, 5) is 16.2. The number of carbonyl (C=O) groups is 1. The fourth-order valence-corrected chi connectivity index (χ4v) is 4.35. The van der Waals surface area contributed by atoms with E-state index in [1.165, 1.54) is 35.4 Å². The Morgan fingerprint density at radius 1 is 1.28 bits per heavy atom. The lowest BCUT2D eigenvalue weighted by Crippen LogP contribution is -3.16. The van der Waals surface area contributed by atoms with Crippen molar-refractivity contribution < 1.29 is 9.69 Å². The predicted molar refractivity (Wildman–Crippen MR) is 104 cm³/mol. The SMILES string of the molecule is Cc1ccc(Cl)cc1N1CC[NH+](CC(=O)N[C@H]2CCCC[C@@H]2C)CC1. The number of carbonyl (C=O) groups excluding carboxylic acids is 1. The second-order valence-corrected chi connectivity index (χ2v) is 8.22. The molecule has 0 unspecified atom stereocenters. The third-order valence-electron chi connectivity index (χ3n) is 5.85. The van der Waals surface area contributed by atoms with Crippen molar-refractivity contribution in [1.82, 2.24) is 5.32 Å². The van der Waals surface area contributed by atoms with Gasteiger partial charge in [0.2, 0.25) is 0 Å². The van der Waals surface area contributed by atoms with Gasteiger partial charge in [-0.3, -0.25) is 4.79 Å². The monoisotopic (exact) mass is 364 g/mol. The Bertz CT molecular complexity index is 599. The van der Waals surface area contributed by atoms with Crippen LogP contribution in [0.4, 0.5) is 5.69 Å². The molecule has 4 nitrogen and oxygen atoms in total. The first kappa shape index (κ1) is 18.5. The summed E-state index contributed by atoms with van der Waals surface area (Å²) in [6.07, 6.45) is 4.95. The Labute approximate surface area is 156 Å². The van der Waals surface area contributed by atoms with Crippen molar-refractivity contribution >= 4 is 23.2 Å². The minimum absolute atomic E-state index is 0.223. The molecule has 1 aliphatic carbocycles. The number of hydrogen-bond acceptors (Lipinski definition) is 2. The van der Waals surface area contributed by atoms with Gasteiger partial charge in [-0.15, -0.1) is 0 Å². The molecule has 1 saturated carbocycles. The van der Waals surface area contributed by atoms with E-state index in [2.05, 4.69) is 36.2 Å². The Morgan fingerprint density at radius 2 is 2.00 bits per heavy atom. The van der Waals surface area contributed by atoms with Crippen molar-refractivity contribution in [2.24, 2.45) is 5.92 Å². The molecular weight excluding hydrogens is 334 g/mol. The van der Waals surface area contributed by atoms with Gasteiger partial charge >= 0.3 is 0 Å². The molecule has 1 aromatic rings. The molecule has 0 bridgehead atoms. The maximum Gasteiger partial charge on any atom is 0.275 e. The summed E-state index contributed by atoms with van der Waals surface area (Å²) in [6.45, 7) is 8.95. The van der Waals surface area contributed by atoms with Crippen LogP contribution in [0, 0.1) is 12.8 Å². The van der Waals surface area contributed by atoms with Gasteiger partial charge < -0.3 is 15.1 Å². The number of nitrogens with one attached hydrogen (secondary N) is 2. The van der Waals surface area contributed by atoms with Gasteiger partial charge in [-0.1, -0.05) is 37.4 Å². The highest BCUT2D eigenvalue weighted by Crippen LogP contribution is 2.24. The van der Waals surface area contributed by atoms with Gasteiger partial charge in [0.05, 0.1) is 26.2 Å². The smallest absolute Gasteiger partial charge is 0.275 e. The van der Waals surface area contributed by atoms with E-state index in [9.17, 15) is 4.79 Å². The van der Waals surface area contributed by atoms with Gasteiger partial charge in [0, 0.05) is 16.8 Å². The number of rotatable bonds is 4. The quantitative estimate of drug-likeness (QED) is 0.858. The van der Waals surface area contributed by atoms with Crippen molar-refractivity contribution in [2.45, 2.75) is 45.6 Å². The van der Waals surface area contributed by atoms with Crippen molar-refractivity contribution in [3.8, 4) is 0 Å². The average molecular weight is 365 g/mol. The molecule has 1 aliphatic heterocycles. The number of anilines is 1. The third kappa shape index (κ3) is 4.89. The molecule has 0 aromatic heterocycles. The highest BCUT2D eigenvalue weighted by molar-refractivity contribution is 6.30. The number of amides is 1. The summed E-state index contributed by atoms with van der Waals surface area (Å²) in [5, 5.41) is 4.07. The van der Waals surface area contributed by atoms with Gasteiger partial charge in [0.15, 0.2) is 6.54 Å². The van der Waals surface area contributed by atoms with E-state index in [1.807, 2.05) is 6.07 Å². The first-order valence-corrected chi connectivity index (χ1v) is 10.0. The number of quaternary nitrogens is 1. The van der Waals surface area contributed by atoms with Crippen LogP contribution >= 0.6 is 11.6 Å². The standard InChI is InChI=1S/C20H30ClN3O/c1-15-5-3-4-6-18(15)22-20(25)14-23-9-11-24(12-10-23)19-13-17(21)8-7-16(19)2/h7-8,13,15,18H,3-6,9-12,14H2,1-2H3,(H,22,25)/p+1/t15-,18-/m0/s1. The second kappa shape index (κ2) is 8.41. The van der Waals surface area contributed by atoms with Crippen LogP contribution in [0.25, 0.3) is 0 Å². The van der Waals surface area contributed by atoms with E-state index in [1.54, 1.807) is 0 Å². The highest BCUT2D eigenvalue weighted by Gasteiger charge is 2.26. The molecule has 2 atom stereocenters. The maximum absolute atomic E-state index is 12.4. The van der Waals surface area contributed by atoms with Crippen LogP contribution in [-0.4, -0.2) is 44.7 Å². The molecule has 25 heavy (non-hydrogen) atoms. The van der Waals surface area contributed by atoms with E-state index in [-0.39, 0.29) is 5.91 Å². The Hall–Kier alpha value is -1.26. The molecule has 5 heteroatoms. The summed E-state index contributed by atoms with van der Waals surface area (Å²) in [5.74, 6) is 0.844. The summed E-state index contributed by atoms with van der Waals surface area (Å²) >= 11 is 6.15. The van der Waals surface area contributed by atoms with Crippen LogP contribution in [0.15, 0.2) is 18.2 Å². The topological polar surface area (TPSA) is 36.8 Å². The van der Waals surface area contributed by atoms with Crippen LogP contribution in [0.2, 0.25) is 5.02 Å².